The molecule has 3 heteroatoms. The van der Waals surface area contributed by atoms with E-state index in [4.69, 9.17) is 4.42 Å². The minimum Gasteiger partial charge on any atom is -0.464 e. The molecular formula is C16H16N2O. The van der Waals surface area contributed by atoms with Gasteiger partial charge >= 0.3 is 0 Å². The van der Waals surface area contributed by atoms with Crippen LogP contribution in [0.1, 0.15) is 16.7 Å². The second-order valence-corrected chi connectivity index (χ2v) is 4.77. The molecule has 1 aromatic carbocycles. The van der Waals surface area contributed by atoms with Gasteiger partial charge in [-0.1, -0.05) is 12.1 Å². The molecule has 2 aromatic heterocycles. The highest BCUT2D eigenvalue weighted by atomic mass is 16.3. The smallest absolute Gasteiger partial charge is 0.133 e. The number of fused-ring (bicyclic) bond motifs is 1. The number of hydrogen-bond acceptors (Lipinski definition) is 3. The van der Waals surface area contributed by atoms with Crippen LogP contribution in [0.2, 0.25) is 0 Å². The van der Waals surface area contributed by atoms with Crippen molar-refractivity contribution in [3.63, 3.8) is 0 Å². The van der Waals surface area contributed by atoms with Crippen LogP contribution in [0.15, 0.2) is 53.4 Å². The van der Waals surface area contributed by atoms with Crippen molar-refractivity contribution in [2.24, 2.45) is 0 Å². The molecule has 0 aliphatic carbocycles. The van der Waals surface area contributed by atoms with Crippen molar-refractivity contribution in [2.45, 2.75) is 20.0 Å². The molecule has 0 saturated heterocycles. The zero-order valence-electron chi connectivity index (χ0n) is 10.9. The summed E-state index contributed by atoms with van der Waals surface area (Å²) in [5.74, 6) is 0. The Kier molecular flexibility index (Phi) is 3.29. The summed E-state index contributed by atoms with van der Waals surface area (Å²) in [6.45, 7) is 3.73. The van der Waals surface area contributed by atoms with Crippen LogP contribution in [0.3, 0.4) is 0 Å². The average molecular weight is 252 g/mol. The van der Waals surface area contributed by atoms with Crippen LogP contribution in [0.25, 0.3) is 11.0 Å². The van der Waals surface area contributed by atoms with Gasteiger partial charge in [-0.2, -0.15) is 0 Å². The standard InChI is InChI=1S/C16H16N2O/c1-12-6-14(10-17-8-12)11-18-9-13-2-3-16-15(7-13)4-5-19-16/h2-8,10,18H,9,11H2,1H3. The highest BCUT2D eigenvalue weighted by molar-refractivity contribution is 5.77. The highest BCUT2D eigenvalue weighted by Crippen LogP contribution is 2.16. The second-order valence-electron chi connectivity index (χ2n) is 4.77. The van der Waals surface area contributed by atoms with E-state index in [9.17, 15) is 0 Å². The number of pyridine rings is 1. The SMILES string of the molecule is Cc1cncc(CNCc2ccc3occc3c2)c1. The average Bonchev–Trinajstić information content (AvgIpc) is 2.86. The Hall–Kier alpha value is -2.13. The van der Waals surface area contributed by atoms with Gasteiger partial charge in [0.2, 0.25) is 0 Å². The van der Waals surface area contributed by atoms with Gasteiger partial charge in [-0.3, -0.25) is 4.98 Å². The van der Waals surface area contributed by atoms with E-state index in [0.717, 1.165) is 24.1 Å². The highest BCUT2D eigenvalue weighted by Gasteiger charge is 1.99. The van der Waals surface area contributed by atoms with Crippen LogP contribution in [0.5, 0.6) is 0 Å². The zero-order chi connectivity index (χ0) is 13.1. The van der Waals surface area contributed by atoms with Gasteiger partial charge < -0.3 is 9.73 Å². The number of benzene rings is 1. The number of hydrogen-bond donors (Lipinski definition) is 1. The molecule has 0 aliphatic heterocycles. The molecule has 3 aromatic rings. The van der Waals surface area contributed by atoms with Gasteiger partial charge in [-0.05, 0) is 41.8 Å². The van der Waals surface area contributed by atoms with E-state index in [1.165, 1.54) is 16.7 Å². The fraction of sp³-hybridized carbons (Fsp3) is 0.188. The summed E-state index contributed by atoms with van der Waals surface area (Å²) in [4.78, 5) is 4.19. The Morgan fingerprint density at radius 3 is 2.84 bits per heavy atom. The summed E-state index contributed by atoms with van der Waals surface area (Å²) in [5.41, 5.74) is 4.60. The van der Waals surface area contributed by atoms with Crippen molar-refractivity contribution in [1.82, 2.24) is 10.3 Å². The molecule has 0 fully saturated rings. The molecule has 0 unspecified atom stereocenters. The third kappa shape index (κ3) is 2.83. The lowest BCUT2D eigenvalue weighted by atomic mass is 10.1. The number of rotatable bonds is 4. The van der Waals surface area contributed by atoms with Crippen LogP contribution in [-0.2, 0) is 13.1 Å². The Morgan fingerprint density at radius 2 is 1.95 bits per heavy atom. The van der Waals surface area contributed by atoms with Crippen molar-refractivity contribution >= 4 is 11.0 Å². The first-order valence-electron chi connectivity index (χ1n) is 6.39. The van der Waals surface area contributed by atoms with E-state index < -0.39 is 0 Å². The van der Waals surface area contributed by atoms with Crippen LogP contribution in [0, 0.1) is 6.92 Å². The predicted molar refractivity (Wildman–Crippen MR) is 75.7 cm³/mol. The number of nitrogens with one attached hydrogen (secondary N) is 1. The van der Waals surface area contributed by atoms with Crippen LogP contribution >= 0.6 is 0 Å². The van der Waals surface area contributed by atoms with Gasteiger partial charge in [0, 0.05) is 30.9 Å². The molecule has 96 valence electrons. The quantitative estimate of drug-likeness (QED) is 0.773. The molecule has 1 N–H and O–H groups in total. The number of aromatic nitrogens is 1. The molecule has 3 rings (SSSR count). The lowest BCUT2D eigenvalue weighted by Crippen LogP contribution is -2.12. The van der Waals surface area contributed by atoms with Gasteiger partial charge in [0.15, 0.2) is 0 Å². The Bertz CT molecular complexity index is 688. The van der Waals surface area contributed by atoms with Gasteiger partial charge in [-0.25, -0.2) is 0 Å². The fourth-order valence-electron chi connectivity index (χ4n) is 2.19. The summed E-state index contributed by atoms with van der Waals surface area (Å²) in [6.07, 6.45) is 5.50. The van der Waals surface area contributed by atoms with Crippen molar-refractivity contribution in [1.29, 1.82) is 0 Å². The van der Waals surface area contributed by atoms with Gasteiger partial charge in [-0.15, -0.1) is 0 Å². The molecule has 0 aliphatic rings. The molecule has 0 atom stereocenters. The summed E-state index contributed by atoms with van der Waals surface area (Å²) >= 11 is 0. The van der Waals surface area contributed by atoms with E-state index in [-0.39, 0.29) is 0 Å². The number of nitrogens with zero attached hydrogens (tertiary/aromatic N) is 1. The summed E-state index contributed by atoms with van der Waals surface area (Å²) in [5, 5.41) is 4.58. The number of furan rings is 1. The van der Waals surface area contributed by atoms with E-state index >= 15 is 0 Å². The Balaban J connectivity index is 1.62. The molecule has 0 bridgehead atoms. The van der Waals surface area contributed by atoms with Crippen molar-refractivity contribution < 1.29 is 4.42 Å². The summed E-state index contributed by atoms with van der Waals surface area (Å²) in [6, 6.07) is 10.4. The fourth-order valence-corrected chi connectivity index (χ4v) is 2.19. The van der Waals surface area contributed by atoms with E-state index in [2.05, 4.69) is 35.4 Å². The molecule has 19 heavy (non-hydrogen) atoms. The second kappa shape index (κ2) is 5.24. The largest absolute Gasteiger partial charge is 0.464 e. The maximum atomic E-state index is 5.33. The monoisotopic (exact) mass is 252 g/mol. The van der Waals surface area contributed by atoms with Gasteiger partial charge in [0.25, 0.3) is 0 Å². The lowest BCUT2D eigenvalue weighted by Gasteiger charge is -2.05. The van der Waals surface area contributed by atoms with E-state index in [1.54, 1.807) is 6.26 Å². The maximum absolute atomic E-state index is 5.33. The molecule has 0 spiro atoms. The van der Waals surface area contributed by atoms with Crippen LogP contribution < -0.4 is 5.32 Å². The summed E-state index contributed by atoms with van der Waals surface area (Å²) < 4.78 is 5.33. The Morgan fingerprint density at radius 1 is 1.05 bits per heavy atom. The Labute approximate surface area is 112 Å². The predicted octanol–water partition coefficient (Wildman–Crippen LogP) is 3.43. The third-order valence-corrected chi connectivity index (χ3v) is 3.11. The zero-order valence-corrected chi connectivity index (χ0v) is 10.9. The summed E-state index contributed by atoms with van der Waals surface area (Å²) in [7, 11) is 0. The minimum absolute atomic E-state index is 0.831. The lowest BCUT2D eigenvalue weighted by molar-refractivity contribution is 0.615. The third-order valence-electron chi connectivity index (χ3n) is 3.11. The molecular weight excluding hydrogens is 236 g/mol. The molecule has 0 saturated carbocycles. The van der Waals surface area contributed by atoms with Crippen molar-refractivity contribution in [3.05, 3.63) is 65.7 Å². The molecule has 3 nitrogen and oxygen atoms in total. The van der Waals surface area contributed by atoms with Crippen LogP contribution in [-0.4, -0.2) is 4.98 Å². The first-order chi connectivity index (χ1) is 9.31. The number of aryl methyl sites for hydroxylation is 1. The molecule has 0 amide bonds. The normalized spacial score (nSPS) is 11.0. The maximum Gasteiger partial charge on any atom is 0.133 e. The molecule has 0 radical (unpaired) electrons. The van der Waals surface area contributed by atoms with Gasteiger partial charge in [0.1, 0.15) is 5.58 Å². The van der Waals surface area contributed by atoms with Crippen LogP contribution in [0.4, 0.5) is 0 Å². The van der Waals surface area contributed by atoms with Crippen molar-refractivity contribution in [3.8, 4) is 0 Å². The topological polar surface area (TPSA) is 38.1 Å². The van der Waals surface area contributed by atoms with E-state index in [1.807, 2.05) is 24.5 Å². The van der Waals surface area contributed by atoms with Gasteiger partial charge in [0.05, 0.1) is 6.26 Å². The first kappa shape index (κ1) is 11.9. The van der Waals surface area contributed by atoms with E-state index in [0.29, 0.717) is 0 Å². The molecule has 2 heterocycles. The van der Waals surface area contributed by atoms with Crippen molar-refractivity contribution in [2.75, 3.05) is 0 Å². The minimum atomic E-state index is 0.831. The first-order valence-corrected chi connectivity index (χ1v) is 6.39.